The van der Waals surface area contributed by atoms with Gasteiger partial charge in [0.05, 0.1) is 5.02 Å². The van der Waals surface area contributed by atoms with E-state index in [1.165, 1.54) is 6.07 Å². The van der Waals surface area contributed by atoms with Gasteiger partial charge in [0.15, 0.2) is 0 Å². The number of nitrogens with two attached hydrogens (primary N) is 1. The fraction of sp³-hybridized carbons (Fsp3) is 0.538. The number of benzene rings is 1. The van der Waals surface area contributed by atoms with E-state index in [9.17, 15) is 8.42 Å². The second-order valence-electron chi connectivity index (χ2n) is 4.99. The van der Waals surface area contributed by atoms with Crippen molar-refractivity contribution in [2.75, 3.05) is 12.3 Å². The summed E-state index contributed by atoms with van der Waals surface area (Å²) in [5.74, 6) is 0. The van der Waals surface area contributed by atoms with Crippen LogP contribution in [0.1, 0.15) is 31.7 Å². The van der Waals surface area contributed by atoms with Gasteiger partial charge in [-0.15, -0.1) is 0 Å². The minimum Gasteiger partial charge on any atom is -0.398 e. The first-order valence-electron chi connectivity index (χ1n) is 6.45. The molecule has 1 aromatic rings. The molecule has 0 bridgehead atoms. The zero-order chi connectivity index (χ0) is 14.2. The molecule has 0 spiro atoms. The monoisotopic (exact) mass is 302 g/mol. The Bertz CT molecular complexity index is 583. The van der Waals surface area contributed by atoms with E-state index in [0.29, 0.717) is 12.2 Å². The van der Waals surface area contributed by atoms with Gasteiger partial charge in [0, 0.05) is 18.3 Å². The molecule has 0 atom stereocenters. The Morgan fingerprint density at radius 1 is 1.42 bits per heavy atom. The van der Waals surface area contributed by atoms with Crippen LogP contribution in [0.3, 0.4) is 0 Å². The molecule has 0 aromatic heterocycles. The van der Waals surface area contributed by atoms with Gasteiger partial charge in [-0.2, -0.15) is 4.31 Å². The lowest BCUT2D eigenvalue weighted by atomic mass is 10.2. The third-order valence-corrected chi connectivity index (χ3v) is 5.72. The molecule has 19 heavy (non-hydrogen) atoms. The van der Waals surface area contributed by atoms with Gasteiger partial charge < -0.3 is 5.73 Å². The van der Waals surface area contributed by atoms with Gasteiger partial charge in [0.2, 0.25) is 10.0 Å². The van der Waals surface area contributed by atoms with Crippen molar-refractivity contribution in [2.45, 2.75) is 44.0 Å². The lowest BCUT2D eigenvalue weighted by Crippen LogP contribution is -2.34. The van der Waals surface area contributed by atoms with Crippen molar-refractivity contribution in [1.82, 2.24) is 4.31 Å². The average Bonchev–Trinajstić information content (AvgIpc) is 3.14. The predicted molar refractivity (Wildman–Crippen MR) is 77.8 cm³/mol. The molecule has 2 N–H and O–H groups in total. The first-order valence-corrected chi connectivity index (χ1v) is 8.27. The highest BCUT2D eigenvalue weighted by molar-refractivity contribution is 7.89. The number of hydrogen-bond acceptors (Lipinski definition) is 3. The Kier molecular flexibility index (Phi) is 4.08. The maximum absolute atomic E-state index is 12.7. The van der Waals surface area contributed by atoms with Crippen LogP contribution in [0.25, 0.3) is 0 Å². The van der Waals surface area contributed by atoms with Gasteiger partial charge in [0.25, 0.3) is 0 Å². The number of nitrogen functional groups attached to an aromatic ring is 1. The molecule has 6 heteroatoms. The van der Waals surface area contributed by atoms with E-state index in [0.717, 1.165) is 24.8 Å². The van der Waals surface area contributed by atoms with Crippen molar-refractivity contribution in [3.63, 3.8) is 0 Å². The van der Waals surface area contributed by atoms with E-state index >= 15 is 0 Å². The van der Waals surface area contributed by atoms with Crippen molar-refractivity contribution < 1.29 is 8.42 Å². The number of aryl methyl sites for hydroxylation is 1. The molecule has 4 nitrogen and oxygen atoms in total. The largest absolute Gasteiger partial charge is 0.398 e. The number of nitrogens with zero attached hydrogens (tertiary/aromatic N) is 1. The van der Waals surface area contributed by atoms with Crippen LogP contribution in [-0.2, 0) is 10.0 Å². The topological polar surface area (TPSA) is 63.4 Å². The Balaban J connectivity index is 2.46. The fourth-order valence-electron chi connectivity index (χ4n) is 2.07. The molecular formula is C13H19ClN2O2S. The Morgan fingerprint density at radius 3 is 2.58 bits per heavy atom. The van der Waals surface area contributed by atoms with Crippen molar-refractivity contribution >= 4 is 27.3 Å². The van der Waals surface area contributed by atoms with E-state index in [4.69, 9.17) is 17.3 Å². The quantitative estimate of drug-likeness (QED) is 0.851. The van der Waals surface area contributed by atoms with E-state index in [2.05, 4.69) is 0 Å². The van der Waals surface area contributed by atoms with Crippen molar-refractivity contribution in [3.05, 3.63) is 22.7 Å². The molecular weight excluding hydrogens is 284 g/mol. The Morgan fingerprint density at radius 2 is 2.05 bits per heavy atom. The summed E-state index contributed by atoms with van der Waals surface area (Å²) in [6, 6.07) is 3.21. The van der Waals surface area contributed by atoms with Crippen LogP contribution in [0.4, 0.5) is 5.69 Å². The number of rotatable bonds is 5. The molecule has 1 aliphatic rings. The lowest BCUT2D eigenvalue weighted by molar-refractivity contribution is 0.403. The van der Waals surface area contributed by atoms with Gasteiger partial charge in [-0.25, -0.2) is 8.42 Å². The minimum atomic E-state index is -3.55. The first kappa shape index (κ1) is 14.6. The summed E-state index contributed by atoms with van der Waals surface area (Å²) < 4.78 is 26.9. The van der Waals surface area contributed by atoms with Crippen LogP contribution in [0.5, 0.6) is 0 Å². The van der Waals surface area contributed by atoms with E-state index < -0.39 is 10.0 Å². The van der Waals surface area contributed by atoms with E-state index in [1.807, 2.05) is 13.8 Å². The molecule has 1 fully saturated rings. The Hall–Kier alpha value is -0.780. The zero-order valence-electron chi connectivity index (χ0n) is 11.2. The molecule has 106 valence electrons. The van der Waals surface area contributed by atoms with Crippen LogP contribution in [0.15, 0.2) is 17.0 Å². The third kappa shape index (κ3) is 2.88. The molecule has 0 saturated heterocycles. The summed E-state index contributed by atoms with van der Waals surface area (Å²) in [6.45, 7) is 4.30. The average molecular weight is 303 g/mol. The maximum atomic E-state index is 12.7. The lowest BCUT2D eigenvalue weighted by Gasteiger charge is -2.22. The van der Waals surface area contributed by atoms with Crippen molar-refractivity contribution in [2.24, 2.45) is 0 Å². The smallest absolute Gasteiger partial charge is 0.244 e. The van der Waals surface area contributed by atoms with Crippen molar-refractivity contribution in [1.29, 1.82) is 0 Å². The SMILES string of the molecule is CCCN(C1CC1)S(=O)(=O)c1cc(N)c(C)cc1Cl. The molecule has 1 aromatic carbocycles. The van der Waals surface area contributed by atoms with E-state index in [-0.39, 0.29) is 16.0 Å². The minimum absolute atomic E-state index is 0.123. The molecule has 0 amide bonds. The highest BCUT2D eigenvalue weighted by atomic mass is 35.5. The van der Waals surface area contributed by atoms with Crippen LogP contribution < -0.4 is 5.73 Å². The normalized spacial score (nSPS) is 16.0. The van der Waals surface area contributed by atoms with Gasteiger partial charge in [-0.3, -0.25) is 0 Å². The first-order chi connectivity index (χ1) is 8.87. The fourth-order valence-corrected chi connectivity index (χ4v) is 4.45. The second-order valence-corrected chi connectivity index (χ2v) is 7.25. The second kappa shape index (κ2) is 5.31. The highest BCUT2D eigenvalue weighted by Crippen LogP contribution is 2.35. The summed E-state index contributed by atoms with van der Waals surface area (Å²) in [4.78, 5) is 0.123. The highest BCUT2D eigenvalue weighted by Gasteiger charge is 2.38. The van der Waals surface area contributed by atoms with Gasteiger partial charge in [-0.05, 0) is 43.9 Å². The third-order valence-electron chi connectivity index (χ3n) is 3.31. The molecule has 1 aliphatic carbocycles. The number of sulfonamides is 1. The van der Waals surface area contributed by atoms with Crippen LogP contribution in [-0.4, -0.2) is 25.3 Å². The van der Waals surface area contributed by atoms with E-state index in [1.54, 1.807) is 10.4 Å². The summed E-state index contributed by atoms with van der Waals surface area (Å²) in [6.07, 6.45) is 2.64. The molecule has 0 heterocycles. The molecule has 1 saturated carbocycles. The zero-order valence-corrected chi connectivity index (χ0v) is 12.8. The van der Waals surface area contributed by atoms with Gasteiger partial charge in [0.1, 0.15) is 4.90 Å². The maximum Gasteiger partial charge on any atom is 0.244 e. The van der Waals surface area contributed by atoms with Gasteiger partial charge >= 0.3 is 0 Å². The van der Waals surface area contributed by atoms with Crippen LogP contribution in [0, 0.1) is 6.92 Å². The van der Waals surface area contributed by atoms with Crippen molar-refractivity contribution in [3.8, 4) is 0 Å². The molecule has 0 aliphatic heterocycles. The van der Waals surface area contributed by atoms with Crippen LogP contribution >= 0.6 is 11.6 Å². The predicted octanol–water partition coefficient (Wildman–Crippen LogP) is 2.79. The molecule has 2 rings (SSSR count). The summed E-state index contributed by atoms with van der Waals surface area (Å²) in [7, 11) is -3.55. The summed E-state index contributed by atoms with van der Waals surface area (Å²) in [5.41, 5.74) is 7.05. The van der Waals surface area contributed by atoms with Crippen LogP contribution in [0.2, 0.25) is 5.02 Å². The van der Waals surface area contributed by atoms with Gasteiger partial charge in [-0.1, -0.05) is 18.5 Å². The number of anilines is 1. The number of hydrogen-bond donors (Lipinski definition) is 1. The molecule has 0 radical (unpaired) electrons. The summed E-state index contributed by atoms with van der Waals surface area (Å²) in [5, 5.41) is 0.244. The standard InChI is InChI=1S/C13H19ClN2O2S/c1-3-6-16(10-4-5-10)19(17,18)13-8-12(15)9(2)7-11(13)14/h7-8,10H,3-6,15H2,1-2H3. The number of halogens is 1. The Labute approximate surface area is 119 Å². The summed E-state index contributed by atoms with van der Waals surface area (Å²) >= 11 is 6.09. The molecule has 0 unspecified atom stereocenters.